The fourth-order valence-corrected chi connectivity index (χ4v) is 4.23. The highest BCUT2D eigenvalue weighted by atomic mass is 32.2. The Balaban J connectivity index is 1.58. The molecule has 0 aliphatic heterocycles. The smallest absolute Gasteiger partial charge is 0.365 e. The van der Waals surface area contributed by atoms with E-state index in [9.17, 15) is 26.4 Å². The molecule has 10 nitrogen and oxygen atoms in total. The van der Waals surface area contributed by atoms with Crippen LogP contribution in [0.1, 0.15) is 15.9 Å². The van der Waals surface area contributed by atoms with E-state index in [2.05, 4.69) is 30.2 Å². The molecule has 2 aromatic heterocycles. The Morgan fingerprint density at radius 1 is 1.06 bits per heavy atom. The molecule has 0 saturated carbocycles. The summed E-state index contributed by atoms with van der Waals surface area (Å²) >= 11 is 0. The average Bonchev–Trinajstić information content (AvgIpc) is 3.23. The van der Waals surface area contributed by atoms with Crippen LogP contribution in [0.15, 0.2) is 72.0 Å². The zero-order valence-corrected chi connectivity index (χ0v) is 18.4. The third-order valence-electron chi connectivity index (χ3n) is 4.72. The summed E-state index contributed by atoms with van der Waals surface area (Å²) in [5.74, 6) is -0.343. The zero-order valence-electron chi connectivity index (χ0n) is 17.5. The van der Waals surface area contributed by atoms with Crippen LogP contribution in [0, 0.1) is 0 Å². The van der Waals surface area contributed by atoms with Gasteiger partial charge in [0.2, 0.25) is 0 Å². The first-order valence-electron chi connectivity index (χ1n) is 9.76. The van der Waals surface area contributed by atoms with Gasteiger partial charge in [-0.3, -0.25) is 19.6 Å². The van der Waals surface area contributed by atoms with Gasteiger partial charge in [0.1, 0.15) is 11.4 Å². The van der Waals surface area contributed by atoms with Gasteiger partial charge in [-0.15, -0.1) is 0 Å². The van der Waals surface area contributed by atoms with Crippen LogP contribution >= 0.6 is 0 Å². The number of hydrogen-bond acceptors (Lipinski definition) is 7. The van der Waals surface area contributed by atoms with E-state index in [1.807, 2.05) is 0 Å². The first-order valence-corrected chi connectivity index (χ1v) is 11.2. The molecule has 35 heavy (non-hydrogen) atoms. The van der Waals surface area contributed by atoms with Gasteiger partial charge in [0, 0.05) is 23.6 Å². The minimum Gasteiger partial charge on any atom is -0.365 e. The molecule has 180 valence electrons. The molecular weight excluding hydrogens is 487 g/mol. The number of benzene rings is 2. The van der Waals surface area contributed by atoms with Crippen molar-refractivity contribution >= 4 is 33.3 Å². The number of rotatable bonds is 7. The average molecular weight is 503 g/mol. The molecule has 5 N–H and O–H groups in total. The molecule has 4 rings (SSSR count). The molecule has 0 radical (unpaired) electrons. The number of nitrogens with zero attached hydrogens (tertiary/aromatic N) is 3. The van der Waals surface area contributed by atoms with Gasteiger partial charge < -0.3 is 11.1 Å². The number of H-pyrrole nitrogens is 1. The van der Waals surface area contributed by atoms with Crippen LogP contribution in [0.25, 0.3) is 11.3 Å². The molecule has 0 aliphatic rings. The summed E-state index contributed by atoms with van der Waals surface area (Å²) in [6, 6.07) is 9.11. The van der Waals surface area contributed by atoms with E-state index in [0.29, 0.717) is 17.4 Å². The van der Waals surface area contributed by atoms with Crippen LogP contribution in [0.5, 0.6) is 0 Å². The molecule has 1 amide bonds. The molecule has 0 aliphatic carbocycles. The third kappa shape index (κ3) is 5.22. The van der Waals surface area contributed by atoms with Crippen molar-refractivity contribution in [3.05, 3.63) is 78.2 Å². The topological polar surface area (TPSA) is 156 Å². The fourth-order valence-electron chi connectivity index (χ4n) is 3.12. The number of sulfonamides is 1. The van der Waals surface area contributed by atoms with E-state index >= 15 is 0 Å². The van der Waals surface area contributed by atoms with Gasteiger partial charge in [-0.1, -0.05) is 18.2 Å². The van der Waals surface area contributed by atoms with Crippen LogP contribution in [0.2, 0.25) is 0 Å². The maximum Gasteiger partial charge on any atom is 0.416 e. The van der Waals surface area contributed by atoms with E-state index in [4.69, 9.17) is 5.73 Å². The minimum absolute atomic E-state index is 0.0351. The van der Waals surface area contributed by atoms with Gasteiger partial charge in [-0.2, -0.15) is 18.3 Å². The van der Waals surface area contributed by atoms with Crippen molar-refractivity contribution in [2.24, 2.45) is 5.73 Å². The predicted molar refractivity (Wildman–Crippen MR) is 120 cm³/mol. The van der Waals surface area contributed by atoms with Crippen LogP contribution in [-0.4, -0.2) is 34.5 Å². The predicted octanol–water partition coefficient (Wildman–Crippen LogP) is 3.53. The normalized spacial score (nSPS) is 11.7. The third-order valence-corrected chi connectivity index (χ3v) is 6.10. The van der Waals surface area contributed by atoms with Gasteiger partial charge in [0.15, 0.2) is 5.82 Å². The Hall–Kier alpha value is -4.46. The summed E-state index contributed by atoms with van der Waals surface area (Å²) in [5.41, 5.74) is 5.27. The second-order valence-electron chi connectivity index (χ2n) is 7.11. The van der Waals surface area contributed by atoms with Crippen LogP contribution in [0.3, 0.4) is 0 Å². The summed E-state index contributed by atoms with van der Waals surface area (Å²) in [4.78, 5) is 19.5. The summed E-state index contributed by atoms with van der Waals surface area (Å²) in [6.07, 6.45) is -0.349. The van der Waals surface area contributed by atoms with Gasteiger partial charge in [-0.25, -0.2) is 13.4 Å². The molecule has 0 atom stereocenters. The van der Waals surface area contributed by atoms with Crippen molar-refractivity contribution in [1.29, 1.82) is 0 Å². The number of amides is 1. The number of nitrogens with one attached hydrogen (secondary N) is 3. The van der Waals surface area contributed by atoms with E-state index < -0.39 is 32.6 Å². The van der Waals surface area contributed by atoms with Crippen molar-refractivity contribution < 1.29 is 26.4 Å². The molecule has 0 spiro atoms. The summed E-state index contributed by atoms with van der Waals surface area (Å²) in [7, 11) is -4.29. The molecule has 2 heterocycles. The monoisotopic (exact) mass is 503 g/mol. The van der Waals surface area contributed by atoms with Crippen molar-refractivity contribution in [2.75, 3.05) is 10.0 Å². The highest BCUT2D eigenvalue weighted by molar-refractivity contribution is 7.92. The largest absolute Gasteiger partial charge is 0.416 e. The fraction of sp³-hybridized carbons (Fsp3) is 0.0476. The quantitative estimate of drug-likeness (QED) is 0.301. The summed E-state index contributed by atoms with van der Waals surface area (Å²) in [5, 5.41) is 9.58. The number of carbonyl (C=O) groups is 1. The molecule has 14 heteroatoms. The first-order chi connectivity index (χ1) is 16.5. The molecule has 4 aromatic rings. The molecule has 0 fully saturated rings. The van der Waals surface area contributed by atoms with E-state index in [1.165, 1.54) is 42.9 Å². The number of carbonyl (C=O) groups excluding carboxylic acids is 1. The number of halogens is 3. The zero-order chi connectivity index (χ0) is 25.2. The Morgan fingerprint density at radius 3 is 2.43 bits per heavy atom. The number of anilines is 3. The van der Waals surface area contributed by atoms with E-state index in [0.717, 1.165) is 18.2 Å². The lowest BCUT2D eigenvalue weighted by Gasteiger charge is -2.11. The highest BCUT2D eigenvalue weighted by Gasteiger charge is 2.31. The summed E-state index contributed by atoms with van der Waals surface area (Å²) in [6.45, 7) is 0. The molecule has 0 saturated heterocycles. The molecular formula is C21H16F3N7O3S. The van der Waals surface area contributed by atoms with Crippen molar-refractivity contribution in [2.45, 2.75) is 11.1 Å². The highest BCUT2D eigenvalue weighted by Crippen LogP contribution is 2.32. The number of aromatic nitrogens is 4. The lowest BCUT2D eigenvalue weighted by Crippen LogP contribution is -2.14. The van der Waals surface area contributed by atoms with Crippen LogP contribution < -0.4 is 15.8 Å². The summed E-state index contributed by atoms with van der Waals surface area (Å²) < 4.78 is 66.2. The van der Waals surface area contributed by atoms with E-state index in [1.54, 1.807) is 0 Å². The molecule has 0 unspecified atom stereocenters. The lowest BCUT2D eigenvalue weighted by molar-refractivity contribution is -0.137. The van der Waals surface area contributed by atoms with E-state index in [-0.39, 0.29) is 22.8 Å². The number of primary amides is 1. The first kappa shape index (κ1) is 23.7. The minimum atomic E-state index is -4.68. The van der Waals surface area contributed by atoms with Crippen molar-refractivity contribution in [3.63, 3.8) is 0 Å². The van der Waals surface area contributed by atoms with Crippen molar-refractivity contribution in [3.8, 4) is 11.3 Å². The number of nitrogens with two attached hydrogens (primary N) is 1. The van der Waals surface area contributed by atoms with Gasteiger partial charge in [0.25, 0.3) is 15.9 Å². The molecule has 2 aromatic carbocycles. The molecule has 0 bridgehead atoms. The Bertz CT molecular complexity index is 1470. The van der Waals surface area contributed by atoms with Crippen LogP contribution in [0.4, 0.5) is 30.5 Å². The SMILES string of the molecule is NC(=O)c1c(Nc2cnccn2)n[nH]c1-c1ccc(NS(=O)(=O)c2cccc(C(F)(F)F)c2)cc1. The van der Waals surface area contributed by atoms with Gasteiger partial charge in [-0.05, 0) is 30.3 Å². The maximum absolute atomic E-state index is 12.9. The Labute approximate surface area is 196 Å². The number of alkyl halides is 3. The van der Waals surface area contributed by atoms with Gasteiger partial charge >= 0.3 is 6.18 Å². The Morgan fingerprint density at radius 2 is 1.80 bits per heavy atom. The second-order valence-corrected chi connectivity index (χ2v) is 8.79. The second kappa shape index (κ2) is 9.06. The van der Waals surface area contributed by atoms with Gasteiger partial charge in [0.05, 0.1) is 22.3 Å². The standard InChI is InChI=1S/C21H16F3N7O3S/c22-21(23,24)13-2-1-3-15(10-13)35(33,34)31-14-6-4-12(5-7-14)18-17(19(25)32)20(30-29-18)28-16-11-26-8-9-27-16/h1-11,31H,(H2,25,32)(H2,27,28,29,30). The number of aromatic amines is 1. The maximum atomic E-state index is 12.9. The van der Waals surface area contributed by atoms with Crippen molar-refractivity contribution in [1.82, 2.24) is 20.2 Å². The number of hydrogen-bond donors (Lipinski definition) is 4. The lowest BCUT2D eigenvalue weighted by atomic mass is 10.1. The van der Waals surface area contributed by atoms with Crippen LogP contribution in [-0.2, 0) is 16.2 Å². The Kier molecular flexibility index (Phi) is 6.13.